The van der Waals surface area contributed by atoms with E-state index in [0.29, 0.717) is 22.3 Å². The van der Waals surface area contributed by atoms with Crippen LogP contribution in [0.4, 0.5) is 0 Å². The number of fused-ring (bicyclic) bond motifs is 9. The molecule has 5 nitrogen and oxygen atoms in total. The number of hydrogen-bond acceptors (Lipinski definition) is 5. The van der Waals surface area contributed by atoms with Crippen molar-refractivity contribution in [2.45, 2.75) is 0 Å². The molecule has 6 heteroatoms. The van der Waals surface area contributed by atoms with E-state index in [1.807, 2.05) is 42.5 Å². The molecule has 0 radical (unpaired) electrons. The SMILES string of the molecule is [2H]c1c([2H])c([2H])c2c(oc3c(-c4cccc(-c5nc(-c6ccccc6-n6c7c([2H])c([2H])c([2H])c([2H])c7c7c([2H])c([2H])c([2H])c([2H])c76)nc(-c6cccc7c6sc6ccccc67)n5)c4)c([2H])c([2H])c([2H])c32)c1[2H]. The monoisotopic (exact) mass is 761 g/mol. The topological polar surface area (TPSA) is 56.7 Å². The third kappa shape index (κ3) is 4.98. The van der Waals surface area contributed by atoms with Crippen LogP contribution in [0.25, 0.3) is 115 Å². The number of thiophene rings is 1. The van der Waals surface area contributed by atoms with Crippen molar-refractivity contribution in [3.05, 3.63) is 182 Å². The lowest BCUT2D eigenvalue weighted by atomic mass is 10.00. The second-order valence-corrected chi connectivity index (χ2v) is 14.3. The van der Waals surface area contributed by atoms with E-state index < -0.39 is 84.6 Å². The fourth-order valence-corrected chi connectivity index (χ4v) is 8.75. The maximum absolute atomic E-state index is 9.19. The fraction of sp³-hybridized carbons (Fsp3) is 0. The minimum absolute atomic E-state index is 0.0454. The molecule has 0 atom stereocenters. The fourth-order valence-electron chi connectivity index (χ4n) is 7.53. The lowest BCUT2D eigenvalue weighted by Gasteiger charge is -2.15. The zero-order valence-corrected chi connectivity index (χ0v) is 30.1. The molecule has 0 saturated heterocycles. The molecule has 0 aliphatic heterocycles. The molecule has 4 heterocycles. The molecule has 57 heavy (non-hydrogen) atoms. The van der Waals surface area contributed by atoms with Gasteiger partial charge in [0, 0.05) is 64.0 Å². The van der Waals surface area contributed by atoms with Crippen LogP contribution in [0.1, 0.15) is 20.6 Å². The van der Waals surface area contributed by atoms with Gasteiger partial charge in [-0.3, -0.25) is 0 Å². The number of hydrogen-bond donors (Lipinski definition) is 0. The minimum atomic E-state index is -0.573. The number of rotatable bonds is 5. The zero-order valence-electron chi connectivity index (χ0n) is 44.3. The minimum Gasteiger partial charge on any atom is -0.455 e. The Bertz CT molecular complexity index is 4360. The molecule has 0 bridgehead atoms. The van der Waals surface area contributed by atoms with E-state index in [1.54, 1.807) is 59.9 Å². The van der Waals surface area contributed by atoms with E-state index in [1.165, 1.54) is 4.57 Å². The molecule has 0 fully saturated rings. The summed E-state index contributed by atoms with van der Waals surface area (Å²) in [7, 11) is 0. The molecule has 0 spiro atoms. The molecule has 0 aliphatic rings. The first-order valence-corrected chi connectivity index (χ1v) is 18.6. The molecular weight excluding hydrogens is 717 g/mol. The van der Waals surface area contributed by atoms with Gasteiger partial charge >= 0.3 is 0 Å². The summed E-state index contributed by atoms with van der Waals surface area (Å²) in [5.74, 6) is 0.419. The maximum atomic E-state index is 9.19. The zero-order chi connectivity index (χ0) is 50.5. The first-order chi connectivity index (χ1) is 34.5. The van der Waals surface area contributed by atoms with E-state index in [2.05, 4.69) is 0 Å². The van der Waals surface area contributed by atoms with Crippen LogP contribution in [-0.2, 0) is 0 Å². The first-order valence-electron chi connectivity index (χ1n) is 25.3. The van der Waals surface area contributed by atoms with E-state index >= 15 is 0 Å². The van der Waals surface area contributed by atoms with E-state index in [0.717, 1.165) is 20.2 Å². The summed E-state index contributed by atoms with van der Waals surface area (Å²) in [5.41, 5.74) is 1.44. The summed E-state index contributed by atoms with van der Waals surface area (Å²) in [6.07, 6.45) is 0. The highest BCUT2D eigenvalue weighted by Gasteiger charge is 2.21. The first kappa shape index (κ1) is 20.5. The summed E-state index contributed by atoms with van der Waals surface area (Å²) >= 11 is 1.55. The van der Waals surface area contributed by atoms with Crippen LogP contribution in [0.3, 0.4) is 0 Å². The predicted molar refractivity (Wildman–Crippen MR) is 236 cm³/mol. The Kier molecular flexibility index (Phi) is 4.52. The van der Waals surface area contributed by atoms with Gasteiger partial charge in [-0.1, -0.05) is 133 Å². The molecule has 0 saturated carbocycles. The van der Waals surface area contributed by atoms with Gasteiger partial charge in [0.25, 0.3) is 0 Å². The van der Waals surface area contributed by atoms with Crippen LogP contribution < -0.4 is 0 Å². The second kappa shape index (κ2) is 12.6. The molecule has 12 rings (SSSR count). The van der Waals surface area contributed by atoms with Gasteiger partial charge in [-0.25, -0.2) is 15.0 Å². The molecule has 0 amide bonds. The molecular formula is C51H30N4OS. The summed E-state index contributed by atoms with van der Waals surface area (Å²) in [5, 5.41) is 1.66. The van der Waals surface area contributed by atoms with Gasteiger partial charge < -0.3 is 8.98 Å². The van der Waals surface area contributed by atoms with Crippen LogP contribution in [0, 0.1) is 0 Å². The largest absolute Gasteiger partial charge is 0.455 e. The third-order valence-electron chi connectivity index (χ3n) is 10.0. The third-order valence-corrected chi connectivity index (χ3v) is 11.3. The molecule has 0 unspecified atom stereocenters. The average molecular weight is 762 g/mol. The van der Waals surface area contributed by atoms with Gasteiger partial charge in [0.05, 0.1) is 37.3 Å². The highest BCUT2D eigenvalue weighted by atomic mass is 32.1. The predicted octanol–water partition coefficient (Wildman–Crippen LogP) is 13.9. The lowest BCUT2D eigenvalue weighted by Crippen LogP contribution is -2.03. The number of nitrogens with zero attached hydrogens (tertiary/aromatic N) is 4. The van der Waals surface area contributed by atoms with Crippen molar-refractivity contribution in [1.29, 1.82) is 0 Å². The number of aromatic nitrogens is 4. The number of benzene rings is 8. The van der Waals surface area contributed by atoms with Crippen molar-refractivity contribution in [3.63, 3.8) is 0 Å². The molecule has 266 valence electrons. The number of furan rings is 1. The van der Waals surface area contributed by atoms with Crippen molar-refractivity contribution in [3.8, 4) is 51.0 Å². The van der Waals surface area contributed by atoms with Crippen LogP contribution in [0.5, 0.6) is 0 Å². The van der Waals surface area contributed by atoms with Crippen LogP contribution in [-0.4, -0.2) is 19.5 Å². The Morgan fingerprint density at radius 2 is 1.11 bits per heavy atom. The normalized spacial score (nSPS) is 15.5. The lowest BCUT2D eigenvalue weighted by molar-refractivity contribution is 0.670. The van der Waals surface area contributed by atoms with Crippen LogP contribution >= 0.6 is 11.3 Å². The van der Waals surface area contributed by atoms with Crippen molar-refractivity contribution in [2.24, 2.45) is 0 Å². The summed E-state index contributed by atoms with van der Waals surface area (Å²) < 4.78 is 141. The maximum Gasteiger partial charge on any atom is 0.166 e. The summed E-state index contributed by atoms with van der Waals surface area (Å²) in [4.78, 5) is 15.3. The molecule has 8 aromatic carbocycles. The smallest absolute Gasteiger partial charge is 0.166 e. The standard InChI is InChI=1S/C51H30N4OS/c1-6-25-42-34(16-1)35-17-2-7-26-43(35)55(42)44-27-8-3-20-40(44)50-52-49(53-51(54-50)41-24-13-23-39-37-19-5-10-29-46(37)57-48(39)41)32-15-11-14-31(30-32)33-21-12-22-38-36-18-4-9-28-45(36)56-47(33)38/h1-30H/i1D,2D,4D,6D,7D,9D,12D,16D,17D,18D,21D,22D,25D,26D,28D. The van der Waals surface area contributed by atoms with Crippen molar-refractivity contribution in [2.75, 3.05) is 0 Å². The molecule has 0 aliphatic carbocycles. The molecule has 0 N–H and O–H groups in total. The van der Waals surface area contributed by atoms with Gasteiger partial charge in [0.1, 0.15) is 11.2 Å². The van der Waals surface area contributed by atoms with Gasteiger partial charge in [0.15, 0.2) is 17.5 Å². The Labute approximate surface area is 351 Å². The summed E-state index contributed by atoms with van der Waals surface area (Å²) in [6.45, 7) is 0. The average Bonchev–Trinajstić information content (AvgIpc) is 4.10. The molecule has 12 aromatic rings. The van der Waals surface area contributed by atoms with Gasteiger partial charge in [-0.05, 0) is 54.0 Å². The van der Waals surface area contributed by atoms with Gasteiger partial charge in [-0.15, -0.1) is 11.3 Å². The van der Waals surface area contributed by atoms with Crippen LogP contribution in [0.15, 0.2) is 186 Å². The van der Waals surface area contributed by atoms with E-state index in [-0.39, 0.29) is 78.5 Å². The Hall–Kier alpha value is -7.41. The second-order valence-electron chi connectivity index (χ2n) is 13.2. The Morgan fingerprint density at radius 1 is 0.474 bits per heavy atom. The van der Waals surface area contributed by atoms with Crippen LogP contribution in [0.2, 0.25) is 0 Å². The molecule has 4 aromatic heterocycles. The Balaban J connectivity index is 1.16. The quantitative estimate of drug-likeness (QED) is 0.175. The van der Waals surface area contributed by atoms with E-state index in [4.69, 9.17) is 37.2 Å². The van der Waals surface area contributed by atoms with Crippen molar-refractivity contribution in [1.82, 2.24) is 19.5 Å². The highest BCUT2D eigenvalue weighted by Crippen LogP contribution is 2.42. The van der Waals surface area contributed by atoms with E-state index in [9.17, 15) is 2.74 Å². The van der Waals surface area contributed by atoms with Crippen molar-refractivity contribution < 1.29 is 25.0 Å². The van der Waals surface area contributed by atoms with Gasteiger partial charge in [-0.2, -0.15) is 0 Å². The van der Waals surface area contributed by atoms with Crippen molar-refractivity contribution >= 4 is 75.3 Å². The Morgan fingerprint density at radius 3 is 1.96 bits per heavy atom. The summed E-state index contributed by atoms with van der Waals surface area (Å²) in [6, 6.07) is 19.7. The number of para-hydroxylation sites is 5. The van der Waals surface area contributed by atoms with Gasteiger partial charge in [0.2, 0.25) is 0 Å². The highest BCUT2D eigenvalue weighted by molar-refractivity contribution is 7.26.